The molecule has 1 aromatic carbocycles. The summed E-state index contributed by atoms with van der Waals surface area (Å²) >= 11 is 0. The minimum absolute atomic E-state index is 0.245. The van der Waals surface area contributed by atoms with Crippen molar-refractivity contribution in [2.45, 2.75) is 26.3 Å². The number of phenolic OH excluding ortho intramolecular Hbond substituents is 1. The van der Waals surface area contributed by atoms with Crippen molar-refractivity contribution in [1.82, 2.24) is 10.2 Å². The van der Waals surface area contributed by atoms with Gasteiger partial charge in [-0.1, -0.05) is 19.1 Å². The number of nitrogens with one attached hydrogen (secondary N) is 1. The molecule has 0 radical (unpaired) electrons. The number of rotatable bonds is 7. The summed E-state index contributed by atoms with van der Waals surface area (Å²) in [4.78, 5) is 2.54. The van der Waals surface area contributed by atoms with Gasteiger partial charge in [-0.25, -0.2) is 0 Å². The molecule has 1 heterocycles. The van der Waals surface area contributed by atoms with Crippen molar-refractivity contribution in [3.63, 3.8) is 0 Å². The lowest BCUT2D eigenvalue weighted by molar-refractivity contribution is 0.282. The van der Waals surface area contributed by atoms with Crippen molar-refractivity contribution in [3.05, 3.63) is 23.8 Å². The number of hydrogen-bond acceptors (Lipinski definition) is 4. The normalized spacial score (nSPS) is 17.3. The first-order valence-corrected chi connectivity index (χ1v) is 7.48. The molecule has 0 bridgehead atoms. The van der Waals surface area contributed by atoms with Crippen LogP contribution in [0.3, 0.4) is 0 Å². The van der Waals surface area contributed by atoms with Gasteiger partial charge in [0.15, 0.2) is 11.5 Å². The fourth-order valence-corrected chi connectivity index (χ4v) is 2.80. The van der Waals surface area contributed by atoms with E-state index in [4.69, 9.17) is 4.74 Å². The Morgan fingerprint density at radius 1 is 1.35 bits per heavy atom. The molecule has 1 fully saturated rings. The highest BCUT2D eigenvalue weighted by molar-refractivity contribution is 5.45. The lowest BCUT2D eigenvalue weighted by atomic mass is 10.1. The lowest BCUT2D eigenvalue weighted by Crippen LogP contribution is -2.31. The van der Waals surface area contributed by atoms with Crippen molar-refractivity contribution in [2.75, 3.05) is 33.3 Å². The Kier molecular flexibility index (Phi) is 5.68. The third kappa shape index (κ3) is 4.12. The van der Waals surface area contributed by atoms with E-state index in [9.17, 15) is 5.11 Å². The summed E-state index contributed by atoms with van der Waals surface area (Å²) < 4.78 is 5.12. The van der Waals surface area contributed by atoms with E-state index in [0.717, 1.165) is 18.7 Å². The van der Waals surface area contributed by atoms with Crippen molar-refractivity contribution < 1.29 is 9.84 Å². The van der Waals surface area contributed by atoms with E-state index in [2.05, 4.69) is 17.1 Å². The molecule has 0 aliphatic carbocycles. The molecule has 4 nitrogen and oxygen atoms in total. The molecule has 1 saturated heterocycles. The first-order valence-electron chi connectivity index (χ1n) is 7.48. The molecule has 0 saturated carbocycles. The van der Waals surface area contributed by atoms with Gasteiger partial charge in [-0.05, 0) is 44.5 Å². The number of nitrogens with zero attached hydrogens (tertiary/aromatic N) is 1. The molecule has 2 rings (SSSR count). The fraction of sp³-hybridized carbons (Fsp3) is 0.625. The van der Waals surface area contributed by atoms with Crippen LogP contribution in [-0.2, 0) is 6.54 Å². The Morgan fingerprint density at radius 2 is 2.10 bits per heavy atom. The van der Waals surface area contributed by atoms with E-state index in [1.807, 2.05) is 12.1 Å². The van der Waals surface area contributed by atoms with Crippen LogP contribution in [-0.4, -0.2) is 43.3 Å². The summed E-state index contributed by atoms with van der Waals surface area (Å²) in [6.45, 7) is 7.58. The van der Waals surface area contributed by atoms with Gasteiger partial charge in [-0.15, -0.1) is 0 Å². The first kappa shape index (κ1) is 15.1. The van der Waals surface area contributed by atoms with E-state index >= 15 is 0 Å². The van der Waals surface area contributed by atoms with E-state index in [0.29, 0.717) is 18.2 Å². The maximum Gasteiger partial charge on any atom is 0.162 e. The highest BCUT2D eigenvalue weighted by Gasteiger charge is 2.14. The van der Waals surface area contributed by atoms with Crippen LogP contribution in [0, 0.1) is 5.92 Å². The van der Waals surface area contributed by atoms with E-state index in [-0.39, 0.29) is 5.75 Å². The maximum absolute atomic E-state index is 10.0. The molecule has 0 spiro atoms. The summed E-state index contributed by atoms with van der Waals surface area (Å²) in [6, 6.07) is 5.61. The van der Waals surface area contributed by atoms with Crippen LogP contribution in [0.4, 0.5) is 0 Å². The van der Waals surface area contributed by atoms with E-state index in [1.165, 1.54) is 25.9 Å². The third-order valence-corrected chi connectivity index (χ3v) is 3.88. The summed E-state index contributed by atoms with van der Waals surface area (Å²) in [5.41, 5.74) is 0.887. The van der Waals surface area contributed by atoms with Crippen molar-refractivity contribution in [3.8, 4) is 11.5 Å². The Bertz CT molecular complexity index is 417. The number of ether oxygens (including phenoxy) is 1. The van der Waals surface area contributed by atoms with Gasteiger partial charge in [0.2, 0.25) is 0 Å². The van der Waals surface area contributed by atoms with Crippen LogP contribution in [0.1, 0.15) is 25.3 Å². The number of hydrogen-bond donors (Lipinski definition) is 2. The average Bonchev–Trinajstić information content (AvgIpc) is 2.93. The quantitative estimate of drug-likeness (QED) is 0.803. The second-order valence-electron chi connectivity index (χ2n) is 5.71. The Labute approximate surface area is 121 Å². The van der Waals surface area contributed by atoms with Gasteiger partial charge in [-0.3, -0.25) is 0 Å². The number of methoxy groups -OCH3 is 1. The smallest absolute Gasteiger partial charge is 0.162 e. The van der Waals surface area contributed by atoms with Crippen molar-refractivity contribution in [2.24, 2.45) is 5.92 Å². The second-order valence-corrected chi connectivity index (χ2v) is 5.71. The summed E-state index contributed by atoms with van der Waals surface area (Å²) in [5.74, 6) is 1.41. The van der Waals surface area contributed by atoms with Crippen molar-refractivity contribution in [1.29, 1.82) is 0 Å². The van der Waals surface area contributed by atoms with Gasteiger partial charge in [0.05, 0.1) is 7.11 Å². The number of aromatic hydroxyl groups is 1. The molecule has 20 heavy (non-hydrogen) atoms. The van der Waals surface area contributed by atoms with Crippen molar-refractivity contribution >= 4 is 0 Å². The molecular weight excluding hydrogens is 252 g/mol. The highest BCUT2D eigenvalue weighted by atomic mass is 16.5. The molecule has 4 heteroatoms. The second kappa shape index (κ2) is 7.50. The van der Waals surface area contributed by atoms with Crippen LogP contribution in [0.2, 0.25) is 0 Å². The molecule has 0 amide bonds. The van der Waals surface area contributed by atoms with Crippen LogP contribution >= 0.6 is 0 Å². The number of benzene rings is 1. The summed E-state index contributed by atoms with van der Waals surface area (Å²) in [5, 5.41) is 13.4. The van der Waals surface area contributed by atoms with Gasteiger partial charge in [0.1, 0.15) is 0 Å². The van der Waals surface area contributed by atoms with Gasteiger partial charge in [0, 0.05) is 18.7 Å². The van der Waals surface area contributed by atoms with E-state index < -0.39 is 0 Å². The molecule has 1 aliphatic rings. The average molecular weight is 278 g/mol. The summed E-state index contributed by atoms with van der Waals surface area (Å²) in [6.07, 6.45) is 2.69. The Balaban J connectivity index is 1.74. The highest BCUT2D eigenvalue weighted by Crippen LogP contribution is 2.29. The summed E-state index contributed by atoms with van der Waals surface area (Å²) in [7, 11) is 1.57. The first-order chi connectivity index (χ1) is 9.70. The minimum Gasteiger partial charge on any atom is -0.504 e. The minimum atomic E-state index is 0.245. The van der Waals surface area contributed by atoms with Crippen LogP contribution in [0.15, 0.2) is 18.2 Å². The maximum atomic E-state index is 10.0. The lowest BCUT2D eigenvalue weighted by Gasteiger charge is -2.20. The van der Waals surface area contributed by atoms with Gasteiger partial charge in [0.25, 0.3) is 0 Å². The predicted molar refractivity (Wildman–Crippen MR) is 81.2 cm³/mol. The van der Waals surface area contributed by atoms with Crippen LogP contribution in [0.5, 0.6) is 11.5 Å². The zero-order chi connectivity index (χ0) is 14.4. The molecule has 1 aromatic rings. The third-order valence-electron chi connectivity index (χ3n) is 3.88. The van der Waals surface area contributed by atoms with Crippen LogP contribution in [0.25, 0.3) is 0 Å². The topological polar surface area (TPSA) is 44.7 Å². The SMILES string of the molecule is COc1cccc(CNCC(C)CN2CCCC2)c1O. The molecule has 1 unspecified atom stereocenters. The molecular formula is C16H26N2O2. The molecule has 0 aromatic heterocycles. The number of phenols is 1. The van der Waals surface area contributed by atoms with Gasteiger partial charge >= 0.3 is 0 Å². The molecule has 1 atom stereocenters. The predicted octanol–water partition coefficient (Wildman–Crippen LogP) is 2.22. The Hall–Kier alpha value is -1.26. The monoisotopic (exact) mass is 278 g/mol. The molecule has 1 aliphatic heterocycles. The van der Waals surface area contributed by atoms with Crippen LogP contribution < -0.4 is 10.1 Å². The van der Waals surface area contributed by atoms with E-state index in [1.54, 1.807) is 13.2 Å². The van der Waals surface area contributed by atoms with Gasteiger partial charge < -0.3 is 20.1 Å². The molecule has 112 valence electrons. The Morgan fingerprint density at radius 3 is 2.80 bits per heavy atom. The zero-order valence-corrected chi connectivity index (χ0v) is 12.6. The number of para-hydroxylation sites is 1. The zero-order valence-electron chi connectivity index (χ0n) is 12.6. The largest absolute Gasteiger partial charge is 0.504 e. The van der Waals surface area contributed by atoms with Gasteiger partial charge in [-0.2, -0.15) is 0 Å². The fourth-order valence-electron chi connectivity index (χ4n) is 2.80. The standard InChI is InChI=1S/C16H26N2O2/c1-13(12-18-8-3-4-9-18)10-17-11-14-6-5-7-15(20-2)16(14)19/h5-7,13,17,19H,3-4,8-12H2,1-2H3. The molecule has 2 N–H and O–H groups in total. The number of likely N-dealkylation sites (tertiary alicyclic amines) is 1.